The number of anilines is 4. The van der Waals surface area contributed by atoms with E-state index in [1.807, 2.05) is 13.8 Å². The zero-order valence-electron chi connectivity index (χ0n) is 36.4. The Kier molecular flexibility index (Phi) is 24.1. The molecule has 4 heterocycles. The summed E-state index contributed by atoms with van der Waals surface area (Å²) in [6.07, 6.45) is 9.12. The molecule has 2 aromatic carbocycles. The van der Waals surface area contributed by atoms with E-state index in [2.05, 4.69) is 49.0 Å². The summed E-state index contributed by atoms with van der Waals surface area (Å²) >= 11 is 12.0. The van der Waals surface area contributed by atoms with Gasteiger partial charge in [0.1, 0.15) is 17.2 Å². The number of esters is 1. The minimum atomic E-state index is -0.525. The summed E-state index contributed by atoms with van der Waals surface area (Å²) in [4.78, 5) is 41.1. The number of aliphatic hydroxyl groups excluding tert-OH is 2. The smallest absolute Gasteiger partial charge is 0.857 e. The number of aromatic nitrogens is 4. The van der Waals surface area contributed by atoms with Gasteiger partial charge in [0.15, 0.2) is 0 Å². The Morgan fingerprint density at radius 3 is 1.54 bits per heavy atom. The monoisotopic (exact) mass is 938 g/mol. The van der Waals surface area contributed by atoms with Crippen molar-refractivity contribution in [2.75, 3.05) is 51.2 Å². The number of rotatable bonds is 13. The predicted molar refractivity (Wildman–Crippen MR) is 247 cm³/mol. The Bertz CT molecular complexity index is 2570. The van der Waals surface area contributed by atoms with Crippen LogP contribution in [-0.2, 0) is 4.74 Å². The van der Waals surface area contributed by atoms with Crippen LogP contribution in [0.15, 0.2) is 111 Å². The molecule has 336 valence electrons. The number of hydrogen-bond acceptors (Lipinski definition) is 13. The van der Waals surface area contributed by atoms with Gasteiger partial charge in [0.05, 0.1) is 48.6 Å². The normalized spacial score (nSPS) is 9.91. The van der Waals surface area contributed by atoms with Crippen LogP contribution in [0.3, 0.4) is 0 Å². The Morgan fingerprint density at radius 1 is 0.708 bits per heavy atom. The van der Waals surface area contributed by atoms with Crippen molar-refractivity contribution in [1.29, 1.82) is 0 Å². The van der Waals surface area contributed by atoms with Crippen molar-refractivity contribution in [3.05, 3.63) is 155 Å². The number of allylic oxidation sites excluding steroid dienone is 2. The molecule has 6 rings (SSSR count). The van der Waals surface area contributed by atoms with Gasteiger partial charge < -0.3 is 41.7 Å². The molecule has 0 radical (unpaired) electrons. The van der Waals surface area contributed by atoms with Gasteiger partial charge in [0.25, 0.3) is 5.91 Å². The van der Waals surface area contributed by atoms with Crippen molar-refractivity contribution in [3.8, 4) is 22.5 Å². The maximum atomic E-state index is 14.3. The number of nitrogens with zero attached hydrogens (tertiary/aromatic N) is 4. The number of carbonyl (C=O) groups excluding carboxylic acids is 2. The van der Waals surface area contributed by atoms with Gasteiger partial charge >= 0.3 is 35.5 Å². The average Bonchev–Trinajstić information content (AvgIpc) is 3.30. The standard InChI is InChI=1S/C22H20ClFN4O2.C21H17ClFN3O2.C2H7NO.CH3O.Na/c1-13(2)16-12-27-20(15-9-14(23)3-4-18(15)24)10-21(16)28-19-5-6-25-11-17(19)22(30)26-7-8-29;1-12(2)15-11-25-19(14-8-13(22)4-5-17(14)23)9-20(15)26-18-6-7-24-10-16(18)21(27)28-3;3-1-2-4;1-2;/h3-6,9-12,29H,1,7-8H2,2H3,(H,26,30)(H,25,27,28);4-11H,1H2,2-3H3,(H,24,25,26);4H,1-3H2;1H3;/q;;;-1;+1. The number of aliphatic hydroxyl groups is 2. The van der Waals surface area contributed by atoms with Crippen LogP contribution in [-0.4, -0.2) is 82.5 Å². The zero-order valence-corrected chi connectivity index (χ0v) is 39.9. The second-order valence-corrected chi connectivity index (χ2v) is 14.0. The summed E-state index contributed by atoms with van der Waals surface area (Å²) in [6, 6.07) is 15.2. The fraction of sp³-hybridized carbons (Fsp3) is 0.174. The molecule has 0 saturated carbocycles. The largest absolute Gasteiger partial charge is 1.00 e. The van der Waals surface area contributed by atoms with Crippen molar-refractivity contribution in [1.82, 2.24) is 25.3 Å². The fourth-order valence-electron chi connectivity index (χ4n) is 5.50. The second kappa shape index (κ2) is 28.3. The van der Waals surface area contributed by atoms with Crippen LogP contribution in [0.25, 0.3) is 33.7 Å². The first-order valence-electron chi connectivity index (χ1n) is 19.1. The third-order valence-corrected chi connectivity index (χ3v) is 8.96. The molecule has 0 spiro atoms. The van der Waals surface area contributed by atoms with Crippen LogP contribution in [0.5, 0.6) is 0 Å². The molecule has 65 heavy (non-hydrogen) atoms. The van der Waals surface area contributed by atoms with Gasteiger partial charge in [-0.2, -0.15) is 7.11 Å². The van der Waals surface area contributed by atoms with E-state index in [0.29, 0.717) is 61.9 Å². The van der Waals surface area contributed by atoms with Crippen molar-refractivity contribution >= 4 is 69.0 Å². The molecule has 7 N–H and O–H groups in total. The third-order valence-electron chi connectivity index (χ3n) is 8.49. The van der Waals surface area contributed by atoms with Crippen molar-refractivity contribution in [2.24, 2.45) is 5.73 Å². The SMILES string of the molecule is C=C(C)c1cnc(-c2cc(Cl)ccc2F)cc1Nc1ccncc1C(=O)NCCO.C=C(C)c1cnc(-c2cc(Cl)ccc2F)cc1Nc1ccncc1C(=O)OC.C[O-].NCCO.[Na+]. The van der Waals surface area contributed by atoms with E-state index in [1.54, 1.807) is 49.1 Å². The number of amides is 1. The molecular formula is C46H47Cl2F2N8NaO6. The fourth-order valence-corrected chi connectivity index (χ4v) is 5.84. The van der Waals surface area contributed by atoms with Crippen LogP contribution < -0.4 is 56.3 Å². The number of halogens is 4. The van der Waals surface area contributed by atoms with Crippen LogP contribution in [0.2, 0.25) is 10.0 Å². The summed E-state index contributed by atoms with van der Waals surface area (Å²) < 4.78 is 33.4. The number of nitrogens with two attached hydrogens (primary N) is 1. The number of nitrogens with one attached hydrogen (secondary N) is 3. The number of benzene rings is 2. The Labute approximate surface area is 408 Å². The molecule has 0 fully saturated rings. The average molecular weight is 940 g/mol. The van der Waals surface area contributed by atoms with E-state index in [1.165, 1.54) is 55.9 Å². The predicted octanol–water partition coefficient (Wildman–Crippen LogP) is 4.85. The minimum absolute atomic E-state index is 0. The molecule has 0 bridgehead atoms. The first kappa shape index (κ1) is 55.5. The third kappa shape index (κ3) is 16.1. The summed E-state index contributed by atoms with van der Waals surface area (Å²) in [5, 5.41) is 34.7. The molecule has 0 aliphatic heterocycles. The van der Waals surface area contributed by atoms with Crippen LogP contribution in [0, 0.1) is 11.6 Å². The second-order valence-electron chi connectivity index (χ2n) is 13.1. The molecule has 0 saturated heterocycles. The van der Waals surface area contributed by atoms with Crippen LogP contribution >= 0.6 is 23.2 Å². The molecular weight excluding hydrogens is 892 g/mol. The zero-order chi connectivity index (χ0) is 47.3. The molecule has 19 heteroatoms. The summed E-state index contributed by atoms with van der Waals surface area (Å²) in [5.41, 5.74) is 11.7. The van der Waals surface area contributed by atoms with E-state index in [4.69, 9.17) is 49.0 Å². The molecule has 0 unspecified atom stereocenters. The Morgan fingerprint density at radius 2 is 1.14 bits per heavy atom. The van der Waals surface area contributed by atoms with E-state index in [9.17, 15) is 18.4 Å². The molecule has 0 atom stereocenters. The molecule has 1 amide bonds. The maximum absolute atomic E-state index is 14.3. The van der Waals surface area contributed by atoms with Crippen LogP contribution in [0.4, 0.5) is 31.5 Å². The molecule has 0 aliphatic rings. The summed E-state index contributed by atoms with van der Waals surface area (Å²) in [7, 11) is 2.05. The number of pyridine rings is 4. The van der Waals surface area contributed by atoms with Gasteiger partial charge in [-0.3, -0.25) is 24.7 Å². The van der Waals surface area contributed by atoms with Gasteiger partial charge in [-0.15, -0.1) is 0 Å². The summed E-state index contributed by atoms with van der Waals surface area (Å²) in [6.45, 7) is 12.0. The van der Waals surface area contributed by atoms with Gasteiger partial charge in [-0.25, -0.2) is 13.6 Å². The molecule has 6 aromatic rings. The van der Waals surface area contributed by atoms with Gasteiger partial charge in [-0.1, -0.05) is 36.4 Å². The van der Waals surface area contributed by atoms with Crippen molar-refractivity contribution in [2.45, 2.75) is 13.8 Å². The Hall–Kier alpha value is -5.66. The maximum Gasteiger partial charge on any atom is 1.00 e. The van der Waals surface area contributed by atoms with E-state index in [0.717, 1.165) is 23.8 Å². The number of ether oxygens (including phenoxy) is 1. The van der Waals surface area contributed by atoms with Crippen LogP contribution in [0.1, 0.15) is 45.7 Å². The molecule has 14 nitrogen and oxygen atoms in total. The van der Waals surface area contributed by atoms with Crippen molar-refractivity contribution < 1.29 is 68.0 Å². The molecule has 0 aliphatic carbocycles. The van der Waals surface area contributed by atoms with E-state index in [-0.39, 0.29) is 71.9 Å². The van der Waals surface area contributed by atoms with E-state index < -0.39 is 17.6 Å². The van der Waals surface area contributed by atoms with E-state index >= 15 is 0 Å². The van der Waals surface area contributed by atoms with Gasteiger partial charge in [0.2, 0.25) is 0 Å². The summed E-state index contributed by atoms with van der Waals surface area (Å²) in [5.74, 6) is -1.80. The minimum Gasteiger partial charge on any atom is -0.857 e. The number of methoxy groups -OCH3 is 1. The topological polar surface area (TPSA) is 221 Å². The number of carbonyl (C=O) groups is 2. The van der Waals surface area contributed by atoms with Gasteiger partial charge in [-0.05, 0) is 85.7 Å². The number of hydrogen-bond donors (Lipinski definition) is 6. The molecule has 4 aromatic heterocycles. The van der Waals surface area contributed by atoms with Gasteiger partial charge in [0, 0.05) is 93.9 Å². The first-order chi connectivity index (χ1) is 30.7. The quantitative estimate of drug-likeness (QED) is 0.0675. The Balaban J connectivity index is 0.000000394. The first-order valence-corrected chi connectivity index (χ1v) is 19.8. The van der Waals surface area contributed by atoms with Crippen molar-refractivity contribution in [3.63, 3.8) is 0 Å².